The molecule has 1 amide bonds. The molecule has 3 nitrogen and oxygen atoms in total. The van der Waals surface area contributed by atoms with E-state index >= 15 is 0 Å². The number of anilines is 1. The molecule has 0 unspecified atom stereocenters. The van der Waals surface area contributed by atoms with Crippen molar-refractivity contribution in [2.45, 2.75) is 13.0 Å². The molecule has 0 aromatic heterocycles. The standard InChI is InChI=1S/C16H15BrF2N2O/c1-10(14-7-4-12(18)8-15(14)19)20-9-16(22)21-13-5-2-11(17)3-6-13/h2-8,10,20H,9H2,1H3,(H,21,22)/p+1/t10-/m1/s1. The van der Waals surface area contributed by atoms with E-state index in [1.54, 1.807) is 24.4 Å². The van der Waals surface area contributed by atoms with Gasteiger partial charge in [0.2, 0.25) is 0 Å². The molecule has 0 saturated carbocycles. The van der Waals surface area contributed by atoms with Crippen molar-refractivity contribution in [2.75, 3.05) is 11.9 Å². The van der Waals surface area contributed by atoms with E-state index in [9.17, 15) is 13.6 Å². The molecule has 0 aliphatic carbocycles. The minimum atomic E-state index is -0.610. The maximum atomic E-state index is 13.6. The number of hydrogen-bond donors (Lipinski definition) is 2. The first-order valence-electron chi connectivity index (χ1n) is 6.79. The molecule has 2 aromatic rings. The molecule has 3 N–H and O–H groups in total. The third kappa shape index (κ3) is 4.61. The van der Waals surface area contributed by atoms with E-state index in [0.717, 1.165) is 10.5 Å². The van der Waals surface area contributed by atoms with Crippen LogP contribution in [0.5, 0.6) is 0 Å². The van der Waals surface area contributed by atoms with Gasteiger partial charge in [0.05, 0.1) is 0 Å². The summed E-state index contributed by atoms with van der Waals surface area (Å²) >= 11 is 3.32. The number of rotatable bonds is 5. The van der Waals surface area contributed by atoms with Crippen molar-refractivity contribution >= 4 is 27.5 Å². The highest BCUT2D eigenvalue weighted by Gasteiger charge is 2.16. The van der Waals surface area contributed by atoms with E-state index in [1.807, 2.05) is 12.1 Å². The van der Waals surface area contributed by atoms with E-state index in [0.29, 0.717) is 11.3 Å². The van der Waals surface area contributed by atoms with Gasteiger partial charge in [-0.1, -0.05) is 15.9 Å². The van der Waals surface area contributed by atoms with Crippen LogP contribution in [0.15, 0.2) is 46.9 Å². The highest BCUT2D eigenvalue weighted by atomic mass is 79.9. The maximum Gasteiger partial charge on any atom is 0.279 e. The lowest BCUT2D eigenvalue weighted by Crippen LogP contribution is -2.86. The van der Waals surface area contributed by atoms with Gasteiger partial charge in [0, 0.05) is 21.8 Å². The predicted molar refractivity (Wildman–Crippen MR) is 84.3 cm³/mol. The van der Waals surface area contributed by atoms with E-state index in [1.165, 1.54) is 12.1 Å². The summed E-state index contributed by atoms with van der Waals surface area (Å²) in [5.41, 5.74) is 1.07. The zero-order valence-corrected chi connectivity index (χ0v) is 13.5. The Balaban J connectivity index is 1.88. The minimum Gasteiger partial charge on any atom is -0.332 e. The minimum absolute atomic E-state index is 0.147. The molecular weight excluding hydrogens is 354 g/mol. The average Bonchev–Trinajstić information content (AvgIpc) is 2.47. The number of hydrogen-bond acceptors (Lipinski definition) is 1. The highest BCUT2D eigenvalue weighted by molar-refractivity contribution is 9.10. The van der Waals surface area contributed by atoms with Crippen molar-refractivity contribution in [1.82, 2.24) is 0 Å². The topological polar surface area (TPSA) is 45.7 Å². The van der Waals surface area contributed by atoms with Gasteiger partial charge in [0.15, 0.2) is 6.54 Å². The number of benzene rings is 2. The van der Waals surface area contributed by atoms with Crippen LogP contribution >= 0.6 is 15.9 Å². The van der Waals surface area contributed by atoms with E-state index in [2.05, 4.69) is 21.2 Å². The summed E-state index contributed by atoms with van der Waals surface area (Å²) in [5.74, 6) is -1.39. The molecule has 2 rings (SSSR count). The number of halogens is 3. The van der Waals surface area contributed by atoms with Crippen molar-refractivity contribution in [3.63, 3.8) is 0 Å². The molecule has 0 fully saturated rings. The van der Waals surface area contributed by atoms with Gasteiger partial charge in [-0.25, -0.2) is 8.78 Å². The van der Waals surface area contributed by atoms with Gasteiger partial charge < -0.3 is 10.6 Å². The van der Waals surface area contributed by atoms with Gasteiger partial charge in [-0.2, -0.15) is 0 Å². The Morgan fingerprint density at radius 2 is 1.91 bits per heavy atom. The Kier molecular flexibility index (Phi) is 5.63. The number of nitrogens with one attached hydrogen (secondary N) is 1. The van der Waals surface area contributed by atoms with Crippen molar-refractivity contribution in [2.24, 2.45) is 0 Å². The summed E-state index contributed by atoms with van der Waals surface area (Å²) in [7, 11) is 0. The second kappa shape index (κ2) is 7.47. The summed E-state index contributed by atoms with van der Waals surface area (Å²) in [6.45, 7) is 1.91. The Hall–Kier alpha value is -1.79. The molecule has 2 aromatic carbocycles. The molecule has 22 heavy (non-hydrogen) atoms. The second-order valence-corrected chi connectivity index (χ2v) is 5.87. The van der Waals surface area contributed by atoms with Crippen LogP contribution in [0.2, 0.25) is 0 Å². The van der Waals surface area contributed by atoms with Crippen molar-refractivity contribution < 1.29 is 18.9 Å². The molecule has 116 valence electrons. The van der Waals surface area contributed by atoms with Gasteiger partial charge in [0.1, 0.15) is 17.7 Å². The Bertz CT molecular complexity index is 662. The first-order valence-corrected chi connectivity index (χ1v) is 7.58. The number of nitrogens with two attached hydrogens (primary N) is 1. The molecule has 0 heterocycles. The first kappa shape index (κ1) is 16.6. The van der Waals surface area contributed by atoms with E-state index < -0.39 is 11.6 Å². The third-order valence-corrected chi connectivity index (χ3v) is 3.77. The van der Waals surface area contributed by atoms with Crippen molar-refractivity contribution in [1.29, 1.82) is 0 Å². The van der Waals surface area contributed by atoms with Gasteiger partial charge in [-0.15, -0.1) is 0 Å². The maximum absolute atomic E-state index is 13.6. The van der Waals surface area contributed by atoms with Crippen molar-refractivity contribution in [3.8, 4) is 0 Å². The number of carbonyl (C=O) groups excluding carboxylic acids is 1. The zero-order valence-electron chi connectivity index (χ0n) is 11.9. The molecule has 1 atom stereocenters. The summed E-state index contributed by atoms with van der Waals surface area (Å²) in [4.78, 5) is 11.9. The van der Waals surface area contributed by atoms with Gasteiger partial charge in [0.25, 0.3) is 5.91 Å². The van der Waals surface area contributed by atoms with Crippen LogP contribution in [-0.2, 0) is 4.79 Å². The highest BCUT2D eigenvalue weighted by Crippen LogP contribution is 2.15. The normalized spacial score (nSPS) is 12.0. The Morgan fingerprint density at radius 3 is 2.55 bits per heavy atom. The Morgan fingerprint density at radius 1 is 1.23 bits per heavy atom. The summed E-state index contributed by atoms with van der Waals surface area (Å²) in [5, 5.41) is 4.45. The van der Waals surface area contributed by atoms with Crippen LogP contribution in [0.1, 0.15) is 18.5 Å². The van der Waals surface area contributed by atoms with Crippen LogP contribution in [-0.4, -0.2) is 12.5 Å². The van der Waals surface area contributed by atoms with Crippen LogP contribution in [0.25, 0.3) is 0 Å². The number of quaternary nitrogens is 1. The fourth-order valence-corrected chi connectivity index (χ4v) is 2.29. The lowest BCUT2D eigenvalue weighted by Gasteiger charge is -2.12. The smallest absolute Gasteiger partial charge is 0.279 e. The van der Waals surface area contributed by atoms with Gasteiger partial charge in [-0.05, 0) is 43.3 Å². The van der Waals surface area contributed by atoms with E-state index in [4.69, 9.17) is 0 Å². The lowest BCUT2D eigenvalue weighted by molar-refractivity contribution is -0.682. The summed E-state index contributed by atoms with van der Waals surface area (Å²) < 4.78 is 27.5. The van der Waals surface area contributed by atoms with Gasteiger partial charge >= 0.3 is 0 Å². The molecule has 0 radical (unpaired) electrons. The van der Waals surface area contributed by atoms with Crippen LogP contribution in [0, 0.1) is 11.6 Å². The summed E-state index contributed by atoms with van der Waals surface area (Å²) in [6.07, 6.45) is 0. The Labute approximate surface area is 135 Å². The van der Waals surface area contributed by atoms with E-state index in [-0.39, 0.29) is 18.5 Å². The molecule has 0 aliphatic rings. The van der Waals surface area contributed by atoms with Crippen LogP contribution in [0.3, 0.4) is 0 Å². The molecule has 0 bridgehead atoms. The third-order valence-electron chi connectivity index (χ3n) is 3.24. The lowest BCUT2D eigenvalue weighted by atomic mass is 10.1. The molecular formula is C16H16BrF2N2O+. The molecule has 0 aliphatic heterocycles. The number of amides is 1. The van der Waals surface area contributed by atoms with Crippen LogP contribution < -0.4 is 10.6 Å². The van der Waals surface area contributed by atoms with Crippen molar-refractivity contribution in [3.05, 3.63) is 64.1 Å². The molecule has 0 spiro atoms. The fourth-order valence-electron chi connectivity index (χ4n) is 2.03. The largest absolute Gasteiger partial charge is 0.332 e. The first-order chi connectivity index (χ1) is 10.5. The number of carbonyl (C=O) groups is 1. The molecule has 6 heteroatoms. The monoisotopic (exact) mass is 369 g/mol. The molecule has 0 saturated heterocycles. The zero-order chi connectivity index (χ0) is 16.1. The SMILES string of the molecule is C[C@@H]([NH2+]CC(=O)Nc1ccc(Br)cc1)c1ccc(F)cc1F. The fraction of sp³-hybridized carbons (Fsp3) is 0.188. The summed E-state index contributed by atoms with van der Waals surface area (Å²) in [6, 6.07) is 10.4. The average molecular weight is 370 g/mol. The second-order valence-electron chi connectivity index (χ2n) is 4.95. The quantitative estimate of drug-likeness (QED) is 0.835. The predicted octanol–water partition coefficient (Wildman–Crippen LogP) is 2.99. The van der Waals surface area contributed by atoms with Crippen LogP contribution in [0.4, 0.5) is 14.5 Å². The van der Waals surface area contributed by atoms with Gasteiger partial charge in [-0.3, -0.25) is 4.79 Å².